The molecular weight excluding hydrogens is 215 g/mol. The van der Waals surface area contributed by atoms with Crippen LogP contribution in [0.25, 0.3) is 22.2 Å². The van der Waals surface area contributed by atoms with Gasteiger partial charge in [0.2, 0.25) is 0 Å². The van der Waals surface area contributed by atoms with E-state index in [2.05, 4.69) is 9.97 Å². The topological polar surface area (TPSA) is 28.7 Å². The number of hydrogen-bond acceptors (Lipinski definition) is 1. The maximum Gasteiger partial charge on any atom is 0.149 e. The van der Waals surface area contributed by atoms with Crippen LogP contribution in [-0.4, -0.2) is 9.97 Å². The van der Waals surface area contributed by atoms with Crippen LogP contribution in [0.3, 0.4) is 0 Å². The van der Waals surface area contributed by atoms with Crippen LogP contribution in [0.2, 0.25) is 0 Å². The molecule has 17 heavy (non-hydrogen) atoms. The van der Waals surface area contributed by atoms with Crippen LogP contribution < -0.4 is 0 Å². The number of nitrogens with one attached hydrogen (secondary N) is 1. The third kappa shape index (κ3) is 1.69. The van der Waals surface area contributed by atoms with Gasteiger partial charge in [0.05, 0.1) is 0 Å². The van der Waals surface area contributed by atoms with Gasteiger partial charge in [-0.1, -0.05) is 6.07 Å². The molecule has 0 aliphatic heterocycles. The molecular formula is C14H11FN2. The maximum absolute atomic E-state index is 13.7. The molecule has 0 amide bonds. The lowest BCUT2D eigenvalue weighted by Gasteiger charge is -2.04. The number of pyridine rings is 1. The van der Waals surface area contributed by atoms with Crippen molar-refractivity contribution < 1.29 is 4.39 Å². The van der Waals surface area contributed by atoms with Crippen molar-refractivity contribution in [1.82, 2.24) is 9.97 Å². The Morgan fingerprint density at radius 3 is 2.88 bits per heavy atom. The highest BCUT2D eigenvalue weighted by Gasteiger charge is 2.07. The van der Waals surface area contributed by atoms with Gasteiger partial charge in [-0.2, -0.15) is 0 Å². The summed E-state index contributed by atoms with van der Waals surface area (Å²) in [5, 5.41) is 1.06. The minimum atomic E-state index is -0.287. The van der Waals surface area contributed by atoms with E-state index < -0.39 is 0 Å². The molecule has 0 spiro atoms. The minimum Gasteiger partial charge on any atom is -0.361 e. The predicted molar refractivity (Wildman–Crippen MR) is 66.2 cm³/mol. The number of aromatic nitrogens is 2. The molecule has 0 saturated heterocycles. The molecule has 0 aliphatic carbocycles. The van der Waals surface area contributed by atoms with Crippen molar-refractivity contribution in [3.8, 4) is 11.3 Å². The van der Waals surface area contributed by atoms with Crippen LogP contribution in [0.5, 0.6) is 0 Å². The molecule has 0 radical (unpaired) electrons. The molecule has 2 nitrogen and oxygen atoms in total. The molecule has 2 aromatic heterocycles. The largest absolute Gasteiger partial charge is 0.361 e. The molecule has 0 saturated carbocycles. The number of H-pyrrole nitrogens is 1. The average molecular weight is 226 g/mol. The highest BCUT2D eigenvalue weighted by atomic mass is 19.1. The normalized spacial score (nSPS) is 10.9. The summed E-state index contributed by atoms with van der Waals surface area (Å²) in [4.78, 5) is 7.36. The van der Waals surface area contributed by atoms with Gasteiger partial charge in [-0.15, -0.1) is 0 Å². The molecule has 0 unspecified atom stereocenters. The molecule has 3 heteroatoms. The van der Waals surface area contributed by atoms with Gasteiger partial charge in [-0.3, -0.25) is 4.98 Å². The molecule has 3 rings (SSSR count). The number of nitrogens with zero attached hydrogens (tertiary/aromatic N) is 1. The van der Waals surface area contributed by atoms with Crippen LogP contribution in [0.1, 0.15) is 5.69 Å². The summed E-state index contributed by atoms with van der Waals surface area (Å²) in [6, 6.07) is 10.9. The Morgan fingerprint density at radius 2 is 2.00 bits per heavy atom. The second-order valence-corrected chi connectivity index (χ2v) is 4.06. The zero-order valence-corrected chi connectivity index (χ0v) is 9.37. The first-order valence-electron chi connectivity index (χ1n) is 5.45. The van der Waals surface area contributed by atoms with Gasteiger partial charge >= 0.3 is 0 Å². The summed E-state index contributed by atoms with van der Waals surface area (Å²) < 4.78 is 13.7. The van der Waals surface area contributed by atoms with Crippen LogP contribution in [0, 0.1) is 12.7 Å². The maximum atomic E-state index is 13.7. The summed E-state index contributed by atoms with van der Waals surface area (Å²) >= 11 is 0. The predicted octanol–water partition coefficient (Wildman–Crippen LogP) is 3.68. The fourth-order valence-electron chi connectivity index (χ4n) is 1.94. The first kappa shape index (κ1) is 10.0. The van der Waals surface area contributed by atoms with Gasteiger partial charge in [-0.25, -0.2) is 4.39 Å². The Kier molecular flexibility index (Phi) is 2.18. The zero-order chi connectivity index (χ0) is 11.8. The van der Waals surface area contributed by atoms with E-state index in [9.17, 15) is 4.39 Å². The monoisotopic (exact) mass is 226 g/mol. The van der Waals surface area contributed by atoms with Gasteiger partial charge in [0.1, 0.15) is 11.5 Å². The molecule has 0 bridgehead atoms. The lowest BCUT2D eigenvalue weighted by atomic mass is 10.1. The van der Waals surface area contributed by atoms with Crippen molar-refractivity contribution in [2.45, 2.75) is 6.92 Å². The van der Waals surface area contributed by atoms with Crippen molar-refractivity contribution in [2.75, 3.05) is 0 Å². The third-order valence-corrected chi connectivity index (χ3v) is 2.81. The zero-order valence-electron chi connectivity index (χ0n) is 9.37. The van der Waals surface area contributed by atoms with Gasteiger partial charge in [0.25, 0.3) is 0 Å². The third-order valence-electron chi connectivity index (χ3n) is 2.81. The number of halogens is 1. The number of benzene rings is 1. The van der Waals surface area contributed by atoms with E-state index in [-0.39, 0.29) is 5.82 Å². The van der Waals surface area contributed by atoms with Gasteiger partial charge < -0.3 is 4.98 Å². The average Bonchev–Trinajstić information content (AvgIpc) is 2.79. The van der Waals surface area contributed by atoms with Crippen LogP contribution in [-0.2, 0) is 0 Å². The second kappa shape index (κ2) is 3.70. The van der Waals surface area contributed by atoms with E-state index >= 15 is 0 Å². The van der Waals surface area contributed by atoms with Crippen molar-refractivity contribution in [3.05, 3.63) is 54.1 Å². The van der Waals surface area contributed by atoms with Gasteiger partial charge in [-0.05, 0) is 37.3 Å². The Hall–Kier alpha value is -2.16. The number of fused-ring (bicyclic) bond motifs is 1. The van der Waals surface area contributed by atoms with E-state index in [0.717, 1.165) is 22.2 Å². The van der Waals surface area contributed by atoms with E-state index in [4.69, 9.17) is 0 Å². The summed E-state index contributed by atoms with van der Waals surface area (Å²) in [6.45, 7) is 1.86. The molecule has 0 atom stereocenters. The number of aromatic amines is 1. The van der Waals surface area contributed by atoms with Crippen molar-refractivity contribution in [2.24, 2.45) is 0 Å². The van der Waals surface area contributed by atoms with Gasteiger partial charge in [0, 0.05) is 28.4 Å². The molecule has 3 aromatic rings. The highest BCUT2D eigenvalue weighted by molar-refractivity contribution is 5.84. The second-order valence-electron chi connectivity index (χ2n) is 4.06. The quantitative estimate of drug-likeness (QED) is 0.673. The Labute approximate surface area is 98.1 Å². The summed E-state index contributed by atoms with van der Waals surface area (Å²) in [5.74, 6) is -0.287. The number of rotatable bonds is 1. The SMILES string of the molecule is Cc1ccc(F)c(-c2ccc3[nH]ccc3c2)n1. The van der Waals surface area contributed by atoms with E-state index in [1.165, 1.54) is 6.07 Å². The molecule has 1 aromatic carbocycles. The molecule has 2 heterocycles. The van der Waals surface area contributed by atoms with Crippen LogP contribution in [0.15, 0.2) is 42.6 Å². The lowest BCUT2D eigenvalue weighted by Crippen LogP contribution is -1.91. The van der Waals surface area contributed by atoms with Crippen LogP contribution in [0.4, 0.5) is 4.39 Å². The van der Waals surface area contributed by atoms with Crippen molar-refractivity contribution >= 4 is 10.9 Å². The number of aryl methyl sites for hydroxylation is 1. The number of hydrogen-bond donors (Lipinski definition) is 1. The molecule has 0 fully saturated rings. The van der Waals surface area contributed by atoms with Crippen molar-refractivity contribution in [1.29, 1.82) is 0 Å². The fraction of sp³-hybridized carbons (Fsp3) is 0.0714. The first-order valence-corrected chi connectivity index (χ1v) is 5.45. The Balaban J connectivity index is 2.22. The van der Waals surface area contributed by atoms with Gasteiger partial charge in [0.15, 0.2) is 0 Å². The molecule has 1 N–H and O–H groups in total. The fourth-order valence-corrected chi connectivity index (χ4v) is 1.94. The van der Waals surface area contributed by atoms with E-state index in [0.29, 0.717) is 5.69 Å². The minimum absolute atomic E-state index is 0.287. The van der Waals surface area contributed by atoms with E-state index in [1.807, 2.05) is 37.4 Å². The smallest absolute Gasteiger partial charge is 0.149 e. The summed E-state index contributed by atoms with van der Waals surface area (Å²) in [6.07, 6.45) is 1.87. The van der Waals surface area contributed by atoms with E-state index in [1.54, 1.807) is 6.07 Å². The Morgan fingerprint density at radius 1 is 1.12 bits per heavy atom. The van der Waals surface area contributed by atoms with Crippen molar-refractivity contribution in [3.63, 3.8) is 0 Å². The lowest BCUT2D eigenvalue weighted by molar-refractivity contribution is 0.624. The standard InChI is InChI=1S/C14H11FN2/c1-9-2-4-12(15)14(17-9)11-3-5-13-10(8-11)6-7-16-13/h2-8,16H,1H3. The molecule has 0 aliphatic rings. The Bertz CT molecular complexity index is 686. The highest BCUT2D eigenvalue weighted by Crippen LogP contribution is 2.24. The van der Waals surface area contributed by atoms with Crippen LogP contribution >= 0.6 is 0 Å². The summed E-state index contributed by atoms with van der Waals surface area (Å²) in [7, 11) is 0. The summed E-state index contributed by atoms with van der Waals surface area (Å²) in [5.41, 5.74) is 3.07. The molecule has 84 valence electrons. The first-order chi connectivity index (χ1) is 8.24.